The average molecular weight is 837 g/mol. The van der Waals surface area contributed by atoms with E-state index in [1.807, 2.05) is 77.4 Å². The van der Waals surface area contributed by atoms with Gasteiger partial charge in [-0.3, -0.25) is 14.2 Å². The highest BCUT2D eigenvalue weighted by Gasteiger charge is 2.34. The Morgan fingerprint density at radius 3 is 2.26 bits per heavy atom. The van der Waals surface area contributed by atoms with Crippen molar-refractivity contribution in [3.8, 4) is 11.1 Å². The predicted octanol–water partition coefficient (Wildman–Crippen LogP) is 8.16. The minimum Gasteiger partial charge on any atom is -0.397 e. The molecule has 2 fully saturated rings. The Balaban J connectivity index is 0.845. The molecular weight excluding hydrogens is 781 g/mol. The third kappa shape index (κ3) is 10.7. The van der Waals surface area contributed by atoms with Crippen molar-refractivity contribution in [3.63, 3.8) is 0 Å². The number of ether oxygens (including phenoxy) is 2. The number of fused-ring (bicyclic) bond motifs is 1. The van der Waals surface area contributed by atoms with Gasteiger partial charge in [-0.25, -0.2) is 4.79 Å². The number of carbonyl (C=O) groups is 2. The fraction of sp³-hybridized carbons (Fsp3) is 0.340. The van der Waals surface area contributed by atoms with Crippen LogP contribution in [0.5, 0.6) is 0 Å². The van der Waals surface area contributed by atoms with E-state index in [1.165, 1.54) is 0 Å². The van der Waals surface area contributed by atoms with E-state index in [0.29, 0.717) is 50.0 Å². The number of hydrogen-bond donors (Lipinski definition) is 5. The van der Waals surface area contributed by atoms with Gasteiger partial charge in [-0.1, -0.05) is 97.4 Å². The summed E-state index contributed by atoms with van der Waals surface area (Å²) in [5.41, 5.74) is 14.8. The molecule has 1 aromatic heterocycles. The minimum absolute atomic E-state index is 0.0123. The lowest BCUT2D eigenvalue weighted by Gasteiger charge is -2.40. The number of unbranched alkanes of at least 4 members (excludes halogenated alkanes) is 2. The van der Waals surface area contributed by atoms with E-state index in [9.17, 15) is 19.5 Å². The number of likely N-dealkylation sites (tertiary alicyclic amines) is 1. The van der Waals surface area contributed by atoms with Gasteiger partial charge in [-0.2, -0.15) is 0 Å². The SMILES string of the molecule is Nc1ccccc1NC(=O)CCCCCC(=O)NCc1cccc(-c2ccc(C3OC(CN4CCC(n5c(=O)[nH]c6ccccc65)CC4)CC(c4ccc(CO)cc4)O3)cc2)c1. The lowest BCUT2D eigenvalue weighted by Crippen LogP contribution is -2.43. The molecule has 12 heteroatoms. The summed E-state index contributed by atoms with van der Waals surface area (Å²) in [5, 5.41) is 15.5. The number of nitrogens with two attached hydrogens (primary N) is 1. The van der Waals surface area contributed by atoms with Crippen LogP contribution in [-0.2, 0) is 32.2 Å². The zero-order valence-corrected chi connectivity index (χ0v) is 35.0. The van der Waals surface area contributed by atoms with Gasteiger partial charge < -0.3 is 40.8 Å². The number of aromatic nitrogens is 2. The van der Waals surface area contributed by atoms with Crippen LogP contribution in [0.4, 0.5) is 11.4 Å². The Bertz CT molecular complexity index is 2490. The Morgan fingerprint density at radius 1 is 0.758 bits per heavy atom. The molecule has 62 heavy (non-hydrogen) atoms. The van der Waals surface area contributed by atoms with Crippen LogP contribution in [0, 0.1) is 0 Å². The summed E-state index contributed by atoms with van der Waals surface area (Å²) in [4.78, 5) is 43.3. The first-order chi connectivity index (χ1) is 30.3. The summed E-state index contributed by atoms with van der Waals surface area (Å²) >= 11 is 0. The minimum atomic E-state index is -0.569. The van der Waals surface area contributed by atoms with Gasteiger partial charge in [0.1, 0.15) is 0 Å². The topological polar surface area (TPSA) is 164 Å². The molecule has 0 aliphatic carbocycles. The lowest BCUT2D eigenvalue weighted by molar-refractivity contribution is -0.253. The maximum Gasteiger partial charge on any atom is 0.326 e. The molecule has 12 nitrogen and oxygen atoms in total. The highest BCUT2D eigenvalue weighted by atomic mass is 16.7. The number of para-hydroxylation sites is 4. The number of benzene rings is 5. The van der Waals surface area contributed by atoms with Gasteiger partial charge >= 0.3 is 5.69 Å². The number of aliphatic hydroxyl groups excluding tert-OH is 1. The number of nitrogens with zero attached hydrogens (tertiary/aromatic N) is 2. The molecule has 2 aliphatic rings. The zero-order chi connectivity index (χ0) is 42.8. The first kappa shape index (κ1) is 42.6. The van der Waals surface area contributed by atoms with E-state index in [2.05, 4.69) is 56.9 Å². The van der Waals surface area contributed by atoms with Gasteiger partial charge in [0.2, 0.25) is 11.8 Å². The monoisotopic (exact) mass is 836 g/mol. The summed E-state index contributed by atoms with van der Waals surface area (Å²) < 4.78 is 15.3. The molecule has 3 unspecified atom stereocenters. The average Bonchev–Trinajstić information content (AvgIpc) is 3.64. The van der Waals surface area contributed by atoms with Crippen molar-refractivity contribution < 1.29 is 24.2 Å². The summed E-state index contributed by atoms with van der Waals surface area (Å²) in [6.07, 6.45) is 4.59. The van der Waals surface area contributed by atoms with Crippen molar-refractivity contribution in [3.05, 3.63) is 154 Å². The zero-order valence-electron chi connectivity index (χ0n) is 35.0. The van der Waals surface area contributed by atoms with Crippen LogP contribution in [-0.4, -0.2) is 57.1 Å². The standard InChI is InChI=1S/C50H56N6O6/c51-42-11-4-5-12-43(42)53-48(59)16-3-1-2-15-47(58)52-31-35-9-8-10-39(29-35)36-21-23-38(24-22-36)49-61-41(30-46(62-49)37-19-17-34(33-57)18-20-37)32-55-27-25-40(26-28-55)56-45-14-7-6-13-44(45)54-50(56)60/h4-14,17-24,29,40-41,46,49,57H,1-3,15-16,25-28,30-33,51H2,(H,52,58)(H,53,59)(H,54,60). The number of aliphatic hydroxyl groups is 1. The van der Waals surface area contributed by atoms with Crippen molar-refractivity contribution in [2.45, 2.75) is 89.1 Å². The number of carbonyl (C=O) groups excluding carboxylic acids is 2. The molecule has 5 aromatic carbocycles. The number of H-pyrrole nitrogens is 1. The van der Waals surface area contributed by atoms with Crippen LogP contribution in [0.3, 0.4) is 0 Å². The van der Waals surface area contributed by atoms with Crippen LogP contribution in [0.1, 0.15) is 92.1 Å². The second kappa shape index (κ2) is 20.2. The summed E-state index contributed by atoms with van der Waals surface area (Å²) in [6.45, 7) is 2.90. The van der Waals surface area contributed by atoms with Crippen molar-refractivity contribution in [1.82, 2.24) is 19.8 Å². The summed E-state index contributed by atoms with van der Waals surface area (Å²) in [7, 11) is 0. The second-order valence-electron chi connectivity index (χ2n) is 16.5. The van der Waals surface area contributed by atoms with Gasteiger partial charge in [0, 0.05) is 57.0 Å². The highest BCUT2D eigenvalue weighted by Crippen LogP contribution is 2.39. The molecule has 322 valence electrons. The van der Waals surface area contributed by atoms with E-state index in [4.69, 9.17) is 15.2 Å². The quantitative estimate of drug-likeness (QED) is 0.0482. The number of nitrogen functional groups attached to an aromatic ring is 1. The summed E-state index contributed by atoms with van der Waals surface area (Å²) in [5.74, 6) is -0.0928. The lowest BCUT2D eigenvalue weighted by atomic mass is 9.98. The summed E-state index contributed by atoms with van der Waals surface area (Å²) in [6, 6.07) is 39.7. The molecule has 2 amide bonds. The van der Waals surface area contributed by atoms with Crippen LogP contribution >= 0.6 is 0 Å². The largest absolute Gasteiger partial charge is 0.397 e. The fourth-order valence-corrected chi connectivity index (χ4v) is 8.67. The Labute approximate surface area is 362 Å². The smallest absolute Gasteiger partial charge is 0.326 e. The molecule has 3 atom stereocenters. The third-order valence-corrected chi connectivity index (χ3v) is 12.1. The number of imidazole rings is 1. The molecule has 6 aromatic rings. The molecule has 0 spiro atoms. The van der Waals surface area contributed by atoms with Gasteiger partial charge in [0.15, 0.2) is 6.29 Å². The number of aromatic amines is 1. The van der Waals surface area contributed by atoms with Crippen LogP contribution in [0.2, 0.25) is 0 Å². The molecule has 3 heterocycles. The van der Waals surface area contributed by atoms with Gasteiger partial charge in [0.05, 0.1) is 41.2 Å². The number of nitrogens with one attached hydrogen (secondary N) is 3. The number of anilines is 2. The third-order valence-electron chi connectivity index (χ3n) is 12.1. The molecule has 0 bridgehead atoms. The van der Waals surface area contributed by atoms with E-state index < -0.39 is 6.29 Å². The number of piperidine rings is 1. The second-order valence-corrected chi connectivity index (χ2v) is 16.5. The maximum atomic E-state index is 12.9. The first-order valence-electron chi connectivity index (χ1n) is 21.8. The molecule has 8 rings (SSSR count). The molecule has 2 aliphatic heterocycles. The Kier molecular flexibility index (Phi) is 13.9. The first-order valence-corrected chi connectivity index (χ1v) is 21.8. The van der Waals surface area contributed by atoms with E-state index in [0.717, 1.165) is 83.3 Å². The number of rotatable bonds is 16. The van der Waals surface area contributed by atoms with Crippen LogP contribution in [0.25, 0.3) is 22.2 Å². The predicted molar refractivity (Wildman–Crippen MR) is 242 cm³/mol. The van der Waals surface area contributed by atoms with E-state index in [1.54, 1.807) is 12.1 Å². The molecule has 0 saturated carbocycles. The van der Waals surface area contributed by atoms with Crippen molar-refractivity contribution in [2.75, 3.05) is 30.7 Å². The molecule has 6 N–H and O–H groups in total. The van der Waals surface area contributed by atoms with Crippen molar-refractivity contribution in [1.29, 1.82) is 0 Å². The van der Waals surface area contributed by atoms with E-state index in [-0.39, 0.29) is 42.4 Å². The number of amides is 2. The van der Waals surface area contributed by atoms with Crippen molar-refractivity contribution in [2.24, 2.45) is 0 Å². The van der Waals surface area contributed by atoms with Crippen molar-refractivity contribution >= 4 is 34.2 Å². The molecule has 2 saturated heterocycles. The van der Waals surface area contributed by atoms with Gasteiger partial charge in [0.25, 0.3) is 0 Å². The Morgan fingerprint density at radius 2 is 1.48 bits per heavy atom. The van der Waals surface area contributed by atoms with Crippen LogP contribution in [0.15, 0.2) is 126 Å². The molecular formula is C50H56N6O6. The highest BCUT2D eigenvalue weighted by molar-refractivity contribution is 5.93. The van der Waals surface area contributed by atoms with Gasteiger partial charge in [-0.05, 0) is 83.8 Å². The van der Waals surface area contributed by atoms with Crippen LogP contribution < -0.4 is 22.1 Å². The molecule has 0 radical (unpaired) electrons. The fourth-order valence-electron chi connectivity index (χ4n) is 8.67. The normalized spacial score (nSPS) is 18.4. The maximum absolute atomic E-state index is 12.9. The van der Waals surface area contributed by atoms with Gasteiger partial charge in [-0.15, -0.1) is 0 Å². The Hall–Kier alpha value is -6.05. The number of hydrogen-bond acceptors (Lipinski definition) is 8. The van der Waals surface area contributed by atoms with E-state index >= 15 is 0 Å².